The molecule has 1 amide bonds. The third-order valence-corrected chi connectivity index (χ3v) is 2.07. The van der Waals surface area contributed by atoms with Crippen molar-refractivity contribution in [1.82, 2.24) is 5.32 Å². The van der Waals surface area contributed by atoms with Gasteiger partial charge in [-0.05, 0) is 5.92 Å². The Balaban J connectivity index is 4.26. The normalized spacial score (nSPS) is 12.4. The summed E-state index contributed by atoms with van der Waals surface area (Å²) in [5.74, 6) is -0.608. The summed E-state index contributed by atoms with van der Waals surface area (Å²) in [5.41, 5.74) is 0. The molecule has 13 heavy (non-hydrogen) atoms. The van der Waals surface area contributed by atoms with Crippen molar-refractivity contribution < 1.29 is 14.3 Å². The van der Waals surface area contributed by atoms with Crippen LogP contribution in [0.5, 0.6) is 0 Å². The number of halogens is 1. The van der Waals surface area contributed by atoms with E-state index in [1.165, 1.54) is 7.11 Å². The fourth-order valence-corrected chi connectivity index (χ4v) is 0.999. The molecule has 76 valence electrons. The molecular formula is C8H14BrNO3. The van der Waals surface area contributed by atoms with E-state index in [1.807, 2.05) is 13.8 Å². The number of esters is 1. The summed E-state index contributed by atoms with van der Waals surface area (Å²) >= 11 is 3.00. The van der Waals surface area contributed by atoms with E-state index in [0.717, 1.165) is 0 Å². The van der Waals surface area contributed by atoms with Gasteiger partial charge in [0.2, 0.25) is 5.91 Å². The average molecular weight is 252 g/mol. The quantitative estimate of drug-likeness (QED) is 0.591. The number of carbonyl (C=O) groups is 2. The molecule has 0 heterocycles. The first-order valence-electron chi connectivity index (χ1n) is 3.96. The van der Waals surface area contributed by atoms with Crippen molar-refractivity contribution in [2.75, 3.05) is 12.4 Å². The van der Waals surface area contributed by atoms with Gasteiger partial charge in [0.25, 0.3) is 0 Å². The molecule has 0 aliphatic carbocycles. The molecule has 0 saturated heterocycles. The zero-order chi connectivity index (χ0) is 10.4. The molecule has 0 aliphatic rings. The van der Waals surface area contributed by atoms with Gasteiger partial charge in [-0.25, -0.2) is 4.79 Å². The summed E-state index contributed by atoms with van der Waals surface area (Å²) in [7, 11) is 1.30. The van der Waals surface area contributed by atoms with Crippen molar-refractivity contribution in [3.8, 4) is 0 Å². The van der Waals surface area contributed by atoms with Crippen molar-refractivity contribution in [3.63, 3.8) is 0 Å². The zero-order valence-corrected chi connectivity index (χ0v) is 9.55. The summed E-state index contributed by atoms with van der Waals surface area (Å²) in [6, 6.07) is -0.560. The highest BCUT2D eigenvalue weighted by molar-refractivity contribution is 9.09. The summed E-state index contributed by atoms with van der Waals surface area (Å²) in [6.07, 6.45) is 0. The number of nitrogens with one attached hydrogen (secondary N) is 1. The van der Waals surface area contributed by atoms with Crippen molar-refractivity contribution in [2.24, 2.45) is 5.92 Å². The Bertz CT molecular complexity index is 194. The molecule has 0 saturated carbocycles. The third-order valence-electron chi connectivity index (χ3n) is 1.56. The Hall–Kier alpha value is -0.580. The van der Waals surface area contributed by atoms with E-state index >= 15 is 0 Å². The number of carbonyl (C=O) groups excluding carboxylic acids is 2. The smallest absolute Gasteiger partial charge is 0.328 e. The molecular weight excluding hydrogens is 238 g/mol. The van der Waals surface area contributed by atoms with Crippen LogP contribution in [0.4, 0.5) is 0 Å². The highest BCUT2D eigenvalue weighted by Crippen LogP contribution is 2.03. The average Bonchev–Trinajstić information content (AvgIpc) is 2.11. The molecule has 0 fully saturated rings. The number of rotatable bonds is 4. The molecule has 0 aromatic heterocycles. The van der Waals surface area contributed by atoms with Gasteiger partial charge in [0, 0.05) is 0 Å². The fraction of sp³-hybridized carbons (Fsp3) is 0.750. The van der Waals surface area contributed by atoms with Crippen molar-refractivity contribution >= 4 is 27.8 Å². The van der Waals surface area contributed by atoms with Crippen LogP contribution in [0.15, 0.2) is 0 Å². The van der Waals surface area contributed by atoms with Gasteiger partial charge < -0.3 is 10.1 Å². The lowest BCUT2D eigenvalue weighted by Crippen LogP contribution is -2.45. The summed E-state index contributed by atoms with van der Waals surface area (Å²) in [5, 5.41) is 2.74. The lowest BCUT2D eigenvalue weighted by atomic mass is 10.1. The lowest BCUT2D eigenvalue weighted by Gasteiger charge is -2.18. The Morgan fingerprint density at radius 2 is 2.00 bits per heavy atom. The Labute approximate surface area is 86.1 Å². The van der Waals surface area contributed by atoms with Crippen molar-refractivity contribution in [3.05, 3.63) is 0 Å². The van der Waals surface area contributed by atoms with Crippen LogP contribution in [-0.4, -0.2) is 30.4 Å². The van der Waals surface area contributed by atoms with E-state index in [0.29, 0.717) is 0 Å². The Morgan fingerprint density at radius 3 is 2.31 bits per heavy atom. The summed E-state index contributed by atoms with van der Waals surface area (Å²) in [6.45, 7) is 3.69. The van der Waals surface area contributed by atoms with Crippen molar-refractivity contribution in [1.29, 1.82) is 0 Å². The molecule has 5 heteroatoms. The molecule has 0 aromatic rings. The monoisotopic (exact) mass is 251 g/mol. The summed E-state index contributed by atoms with van der Waals surface area (Å²) < 4.78 is 4.55. The van der Waals surface area contributed by atoms with Crippen molar-refractivity contribution in [2.45, 2.75) is 19.9 Å². The van der Waals surface area contributed by atoms with Crippen LogP contribution in [0.25, 0.3) is 0 Å². The predicted octanol–water partition coefficient (Wildman–Crippen LogP) is 0.695. The summed E-state index contributed by atoms with van der Waals surface area (Å²) in [4.78, 5) is 22.1. The second kappa shape index (κ2) is 5.96. The SMILES string of the molecule is COC(=O)[C@H](NC(=O)CBr)C(C)C. The van der Waals surface area contributed by atoms with Crippen LogP contribution in [0.1, 0.15) is 13.8 Å². The van der Waals surface area contributed by atoms with Crippen LogP contribution in [-0.2, 0) is 14.3 Å². The second-order valence-corrected chi connectivity index (χ2v) is 3.51. The maximum Gasteiger partial charge on any atom is 0.328 e. The molecule has 0 bridgehead atoms. The number of hydrogen-bond donors (Lipinski definition) is 1. The van der Waals surface area contributed by atoms with Gasteiger partial charge in [-0.15, -0.1) is 0 Å². The molecule has 1 N–H and O–H groups in total. The van der Waals surface area contributed by atoms with Crippen LogP contribution >= 0.6 is 15.9 Å². The van der Waals surface area contributed by atoms with Gasteiger partial charge in [-0.3, -0.25) is 4.79 Å². The first kappa shape index (κ1) is 12.4. The number of hydrogen-bond acceptors (Lipinski definition) is 3. The zero-order valence-electron chi connectivity index (χ0n) is 7.96. The Morgan fingerprint density at radius 1 is 1.46 bits per heavy atom. The molecule has 4 nitrogen and oxygen atoms in total. The van der Waals surface area contributed by atoms with E-state index in [9.17, 15) is 9.59 Å². The first-order valence-corrected chi connectivity index (χ1v) is 5.08. The van der Waals surface area contributed by atoms with E-state index in [4.69, 9.17) is 0 Å². The van der Waals surface area contributed by atoms with Crippen LogP contribution in [0.2, 0.25) is 0 Å². The first-order chi connectivity index (χ1) is 6.02. The molecule has 0 radical (unpaired) electrons. The van der Waals surface area contributed by atoms with E-state index < -0.39 is 12.0 Å². The predicted molar refractivity (Wildman–Crippen MR) is 52.6 cm³/mol. The number of ether oxygens (including phenoxy) is 1. The number of amides is 1. The van der Waals surface area contributed by atoms with Gasteiger partial charge in [-0.1, -0.05) is 29.8 Å². The molecule has 0 unspecified atom stereocenters. The Kier molecular flexibility index (Phi) is 5.70. The maximum absolute atomic E-state index is 11.2. The lowest BCUT2D eigenvalue weighted by molar-refractivity contribution is -0.146. The fourth-order valence-electron chi connectivity index (χ4n) is 0.837. The molecule has 0 aliphatic heterocycles. The van der Waals surface area contributed by atoms with E-state index in [-0.39, 0.29) is 17.2 Å². The molecule has 0 rings (SSSR count). The molecule has 1 atom stereocenters. The second-order valence-electron chi connectivity index (χ2n) is 2.95. The molecule has 0 aromatic carbocycles. The van der Waals surface area contributed by atoms with Gasteiger partial charge in [0.05, 0.1) is 12.4 Å². The van der Waals surface area contributed by atoms with Gasteiger partial charge >= 0.3 is 5.97 Å². The largest absolute Gasteiger partial charge is 0.467 e. The third kappa shape index (κ3) is 4.26. The maximum atomic E-state index is 11.2. The minimum atomic E-state index is -0.560. The van der Waals surface area contributed by atoms with Crippen LogP contribution in [0.3, 0.4) is 0 Å². The highest BCUT2D eigenvalue weighted by Gasteiger charge is 2.24. The number of methoxy groups -OCH3 is 1. The topological polar surface area (TPSA) is 55.4 Å². The minimum Gasteiger partial charge on any atom is -0.467 e. The number of alkyl halides is 1. The van der Waals surface area contributed by atoms with Gasteiger partial charge in [0.1, 0.15) is 6.04 Å². The van der Waals surface area contributed by atoms with Gasteiger partial charge in [-0.2, -0.15) is 0 Å². The molecule has 0 spiro atoms. The van der Waals surface area contributed by atoms with Gasteiger partial charge in [0.15, 0.2) is 0 Å². The highest BCUT2D eigenvalue weighted by atomic mass is 79.9. The van der Waals surface area contributed by atoms with Crippen LogP contribution < -0.4 is 5.32 Å². The van der Waals surface area contributed by atoms with E-state index in [2.05, 4.69) is 26.0 Å². The minimum absolute atomic E-state index is 0.0236. The standard InChI is InChI=1S/C8H14BrNO3/c1-5(2)7(8(12)13-3)10-6(11)4-9/h5,7H,4H2,1-3H3,(H,10,11)/t7-/m1/s1. The van der Waals surface area contributed by atoms with E-state index in [1.54, 1.807) is 0 Å². The van der Waals surface area contributed by atoms with Crippen LogP contribution in [0, 0.1) is 5.92 Å².